The van der Waals surface area contributed by atoms with Crippen LogP contribution in [0, 0.1) is 0 Å². The molecule has 0 spiro atoms. The summed E-state index contributed by atoms with van der Waals surface area (Å²) in [5.74, 6) is -1.01. The Kier molecular flexibility index (Phi) is 2.94. The van der Waals surface area contributed by atoms with E-state index in [1.807, 2.05) is 0 Å². The highest BCUT2D eigenvalue weighted by atomic mass is 16.5. The molecule has 1 aliphatic heterocycles. The summed E-state index contributed by atoms with van der Waals surface area (Å²) in [7, 11) is 1.67. The number of fused-ring (bicyclic) bond motifs is 1. The lowest BCUT2D eigenvalue weighted by molar-refractivity contribution is -0.132. The van der Waals surface area contributed by atoms with E-state index < -0.39 is 11.6 Å². The quantitative estimate of drug-likeness (QED) is 0.914. The molecule has 22 heavy (non-hydrogen) atoms. The summed E-state index contributed by atoms with van der Waals surface area (Å²) in [6.07, 6.45) is 0. The van der Waals surface area contributed by atoms with E-state index in [0.29, 0.717) is 22.7 Å². The Hall–Kier alpha value is -2.83. The van der Waals surface area contributed by atoms with Gasteiger partial charge in [0.25, 0.3) is 5.91 Å². The van der Waals surface area contributed by atoms with Crippen molar-refractivity contribution in [1.29, 1.82) is 0 Å². The van der Waals surface area contributed by atoms with E-state index in [0.717, 1.165) is 0 Å². The van der Waals surface area contributed by atoms with Gasteiger partial charge < -0.3 is 19.3 Å². The summed E-state index contributed by atoms with van der Waals surface area (Å²) < 4.78 is 10.5. The molecule has 0 aliphatic carbocycles. The number of aromatic carboxylic acids is 1. The number of benzene rings is 1. The predicted molar refractivity (Wildman–Crippen MR) is 77.0 cm³/mol. The zero-order valence-electron chi connectivity index (χ0n) is 12.3. The van der Waals surface area contributed by atoms with Gasteiger partial charge in [-0.05, 0) is 32.0 Å². The van der Waals surface area contributed by atoms with Gasteiger partial charge in [-0.1, -0.05) is 5.16 Å². The molecule has 0 saturated heterocycles. The standard InChI is InChI=1S/C15H14N2O5/c1-15(2)14(20)17(3)10-6-8(4-5-11(10)21-15)9-7-12(13(18)19)22-16-9/h4-7H,1-3H3,(H,18,19). The summed E-state index contributed by atoms with van der Waals surface area (Å²) in [4.78, 5) is 24.6. The number of hydrogen-bond acceptors (Lipinski definition) is 5. The zero-order valence-corrected chi connectivity index (χ0v) is 12.3. The molecule has 0 unspecified atom stereocenters. The molecular formula is C15H14N2O5. The minimum absolute atomic E-state index is 0.163. The third-order valence-corrected chi connectivity index (χ3v) is 3.52. The van der Waals surface area contributed by atoms with Crippen molar-refractivity contribution in [2.45, 2.75) is 19.4 Å². The van der Waals surface area contributed by atoms with Crippen LogP contribution < -0.4 is 9.64 Å². The molecule has 1 aliphatic rings. The first-order valence-electron chi connectivity index (χ1n) is 6.61. The number of nitrogens with zero attached hydrogens (tertiary/aromatic N) is 2. The largest absolute Gasteiger partial charge is 0.476 e. The number of amides is 1. The number of carboxylic acid groups (broad SMARTS) is 1. The highest BCUT2D eigenvalue weighted by Crippen LogP contribution is 2.39. The molecule has 114 valence electrons. The molecule has 3 rings (SSSR count). The molecule has 0 radical (unpaired) electrons. The molecule has 2 aromatic rings. The topological polar surface area (TPSA) is 92.9 Å². The van der Waals surface area contributed by atoms with Crippen LogP contribution in [0.2, 0.25) is 0 Å². The Labute approximate surface area is 126 Å². The average Bonchev–Trinajstić information content (AvgIpc) is 2.94. The molecular weight excluding hydrogens is 288 g/mol. The van der Waals surface area contributed by atoms with E-state index in [-0.39, 0.29) is 11.7 Å². The molecule has 1 aromatic heterocycles. The monoisotopic (exact) mass is 302 g/mol. The van der Waals surface area contributed by atoms with Gasteiger partial charge in [0.15, 0.2) is 5.60 Å². The van der Waals surface area contributed by atoms with E-state index in [2.05, 4.69) is 5.16 Å². The van der Waals surface area contributed by atoms with Crippen molar-refractivity contribution in [3.63, 3.8) is 0 Å². The van der Waals surface area contributed by atoms with Gasteiger partial charge in [0.05, 0.1) is 5.69 Å². The van der Waals surface area contributed by atoms with Crippen LogP contribution in [0.15, 0.2) is 28.8 Å². The molecule has 0 atom stereocenters. The first kappa shape index (κ1) is 14.1. The van der Waals surface area contributed by atoms with Crippen molar-refractivity contribution in [2.75, 3.05) is 11.9 Å². The number of carbonyl (C=O) groups excluding carboxylic acids is 1. The fourth-order valence-corrected chi connectivity index (χ4v) is 2.37. The molecule has 7 nitrogen and oxygen atoms in total. The average molecular weight is 302 g/mol. The lowest BCUT2D eigenvalue weighted by atomic mass is 10.0. The molecule has 0 fully saturated rings. The molecule has 0 saturated carbocycles. The Bertz CT molecular complexity index is 778. The van der Waals surface area contributed by atoms with Gasteiger partial charge >= 0.3 is 5.97 Å². The molecule has 1 N–H and O–H groups in total. The molecule has 7 heteroatoms. The summed E-state index contributed by atoms with van der Waals surface area (Å²) in [6.45, 7) is 3.42. The van der Waals surface area contributed by atoms with Crippen molar-refractivity contribution in [2.24, 2.45) is 0 Å². The normalized spacial score (nSPS) is 16.1. The van der Waals surface area contributed by atoms with Crippen LogP contribution in [0.5, 0.6) is 5.75 Å². The summed E-state index contributed by atoms with van der Waals surface area (Å²) in [6, 6.07) is 6.51. The number of hydrogen-bond donors (Lipinski definition) is 1. The number of ether oxygens (including phenoxy) is 1. The molecule has 0 bridgehead atoms. The van der Waals surface area contributed by atoms with Crippen LogP contribution >= 0.6 is 0 Å². The molecule has 1 aromatic carbocycles. The van der Waals surface area contributed by atoms with Crippen LogP contribution in [-0.4, -0.2) is 34.8 Å². The minimum atomic E-state index is -1.19. The van der Waals surface area contributed by atoms with Crippen molar-refractivity contribution < 1.29 is 24.0 Å². The number of rotatable bonds is 2. The summed E-state index contributed by atoms with van der Waals surface area (Å²) in [5, 5.41) is 12.6. The van der Waals surface area contributed by atoms with Crippen LogP contribution in [0.25, 0.3) is 11.3 Å². The SMILES string of the molecule is CN1C(=O)C(C)(C)Oc2ccc(-c3cc(C(=O)O)on3)cc21. The summed E-state index contributed by atoms with van der Waals surface area (Å²) in [5.41, 5.74) is 0.693. The maximum atomic E-state index is 12.2. The number of likely N-dealkylation sites (N-methyl/N-ethyl adjacent to an activating group) is 1. The Morgan fingerprint density at radius 1 is 1.32 bits per heavy atom. The highest BCUT2D eigenvalue weighted by molar-refractivity contribution is 6.02. The van der Waals surface area contributed by atoms with Crippen LogP contribution in [-0.2, 0) is 4.79 Å². The zero-order chi connectivity index (χ0) is 16.1. The number of carbonyl (C=O) groups is 2. The number of carboxylic acids is 1. The second-order valence-electron chi connectivity index (χ2n) is 5.54. The van der Waals surface area contributed by atoms with Gasteiger partial charge in [0.1, 0.15) is 11.4 Å². The maximum Gasteiger partial charge on any atom is 0.374 e. The van der Waals surface area contributed by atoms with E-state index in [4.69, 9.17) is 14.4 Å². The van der Waals surface area contributed by atoms with Gasteiger partial charge in [0, 0.05) is 18.7 Å². The lowest BCUT2D eigenvalue weighted by Gasteiger charge is -2.37. The number of aromatic nitrogens is 1. The van der Waals surface area contributed by atoms with Crippen LogP contribution in [0.1, 0.15) is 24.4 Å². The first-order valence-corrected chi connectivity index (χ1v) is 6.61. The third-order valence-electron chi connectivity index (χ3n) is 3.52. The Morgan fingerprint density at radius 3 is 2.68 bits per heavy atom. The van der Waals surface area contributed by atoms with Crippen LogP contribution in [0.3, 0.4) is 0 Å². The maximum absolute atomic E-state index is 12.2. The second kappa shape index (κ2) is 4.59. The van der Waals surface area contributed by atoms with Crippen molar-refractivity contribution in [3.05, 3.63) is 30.0 Å². The molecule has 1 amide bonds. The van der Waals surface area contributed by atoms with Gasteiger partial charge in [-0.15, -0.1) is 0 Å². The fourth-order valence-electron chi connectivity index (χ4n) is 2.37. The number of anilines is 1. The Morgan fingerprint density at radius 2 is 2.05 bits per heavy atom. The van der Waals surface area contributed by atoms with Crippen molar-refractivity contribution in [1.82, 2.24) is 5.16 Å². The van der Waals surface area contributed by atoms with Gasteiger partial charge in [-0.25, -0.2) is 4.79 Å². The highest BCUT2D eigenvalue weighted by Gasteiger charge is 2.39. The minimum Gasteiger partial charge on any atom is -0.476 e. The predicted octanol–water partition coefficient (Wildman–Crippen LogP) is 2.17. The van der Waals surface area contributed by atoms with Gasteiger partial charge in [-0.3, -0.25) is 4.79 Å². The van der Waals surface area contributed by atoms with E-state index >= 15 is 0 Å². The second-order valence-corrected chi connectivity index (χ2v) is 5.54. The third kappa shape index (κ3) is 2.11. The lowest BCUT2D eigenvalue weighted by Crippen LogP contribution is -2.50. The van der Waals surface area contributed by atoms with Crippen molar-refractivity contribution in [3.8, 4) is 17.0 Å². The molecule has 2 heterocycles. The smallest absolute Gasteiger partial charge is 0.374 e. The van der Waals surface area contributed by atoms with Crippen molar-refractivity contribution >= 4 is 17.6 Å². The van der Waals surface area contributed by atoms with E-state index in [1.54, 1.807) is 39.1 Å². The Balaban J connectivity index is 2.04. The van der Waals surface area contributed by atoms with E-state index in [9.17, 15) is 9.59 Å². The summed E-state index contributed by atoms with van der Waals surface area (Å²) >= 11 is 0. The first-order chi connectivity index (χ1) is 10.3. The van der Waals surface area contributed by atoms with E-state index in [1.165, 1.54) is 11.0 Å². The van der Waals surface area contributed by atoms with Gasteiger partial charge in [0.2, 0.25) is 5.76 Å². The van der Waals surface area contributed by atoms with Crippen LogP contribution in [0.4, 0.5) is 5.69 Å². The van der Waals surface area contributed by atoms with Gasteiger partial charge in [-0.2, -0.15) is 0 Å². The fraction of sp³-hybridized carbons (Fsp3) is 0.267.